The summed E-state index contributed by atoms with van der Waals surface area (Å²) < 4.78 is 2.02. The molecule has 0 bridgehead atoms. The Balaban J connectivity index is 1.40. The molecule has 1 unspecified atom stereocenters. The number of benzene rings is 1. The van der Waals surface area contributed by atoms with Crippen molar-refractivity contribution in [2.75, 3.05) is 13.1 Å². The molecule has 1 atom stereocenters. The maximum Gasteiger partial charge on any atom is 0.192 e. The summed E-state index contributed by atoms with van der Waals surface area (Å²) in [4.78, 5) is 7.47. The maximum absolute atomic E-state index is 4.92. The van der Waals surface area contributed by atoms with Gasteiger partial charge < -0.3 is 15.2 Å². The molecule has 168 valence electrons. The van der Waals surface area contributed by atoms with Crippen LogP contribution in [0.5, 0.6) is 0 Å². The van der Waals surface area contributed by atoms with Gasteiger partial charge in [0.1, 0.15) is 12.4 Å². The predicted octanol–water partition coefficient (Wildman–Crippen LogP) is 3.16. The van der Waals surface area contributed by atoms with E-state index in [1.54, 1.807) is 0 Å². The van der Waals surface area contributed by atoms with E-state index in [9.17, 15) is 0 Å². The van der Waals surface area contributed by atoms with Gasteiger partial charge in [-0.05, 0) is 44.7 Å². The standard InChI is InChI=1S/C24H37N7/c1-19-28-29-23(30(19)2)16-25-24(26-21-12-7-4-8-13-21)27-22-14-9-15-31(18-22)17-20-10-5-3-6-11-20/h3,5-6,10-11,21-22H,4,7-9,12-18H2,1-2H3,(H2,25,26,27). The van der Waals surface area contributed by atoms with E-state index in [-0.39, 0.29) is 0 Å². The lowest BCUT2D eigenvalue weighted by Crippen LogP contribution is -2.53. The van der Waals surface area contributed by atoms with Crippen molar-refractivity contribution in [2.24, 2.45) is 12.0 Å². The van der Waals surface area contributed by atoms with Gasteiger partial charge in [0.25, 0.3) is 0 Å². The first kappa shape index (κ1) is 21.8. The normalized spacial score (nSPS) is 21.2. The van der Waals surface area contributed by atoms with Crippen LogP contribution in [0, 0.1) is 6.92 Å². The molecular weight excluding hydrogens is 386 g/mol. The lowest BCUT2D eigenvalue weighted by Gasteiger charge is -2.35. The van der Waals surface area contributed by atoms with E-state index in [0.29, 0.717) is 18.6 Å². The number of rotatable bonds is 6. The highest BCUT2D eigenvalue weighted by Crippen LogP contribution is 2.18. The average Bonchev–Trinajstić information content (AvgIpc) is 3.11. The molecule has 1 aromatic heterocycles. The van der Waals surface area contributed by atoms with Gasteiger partial charge in [0.2, 0.25) is 0 Å². The second kappa shape index (κ2) is 10.8. The van der Waals surface area contributed by atoms with Crippen LogP contribution in [0.2, 0.25) is 0 Å². The van der Waals surface area contributed by atoms with Gasteiger partial charge in [-0.1, -0.05) is 49.6 Å². The van der Waals surface area contributed by atoms with Gasteiger partial charge >= 0.3 is 0 Å². The van der Waals surface area contributed by atoms with Crippen LogP contribution in [-0.2, 0) is 20.1 Å². The van der Waals surface area contributed by atoms with E-state index < -0.39 is 0 Å². The maximum atomic E-state index is 4.92. The molecule has 2 fully saturated rings. The van der Waals surface area contributed by atoms with Crippen molar-refractivity contribution in [3.8, 4) is 0 Å². The van der Waals surface area contributed by atoms with Crippen molar-refractivity contribution in [3.05, 3.63) is 47.5 Å². The third kappa shape index (κ3) is 6.29. The van der Waals surface area contributed by atoms with E-state index in [1.807, 2.05) is 18.5 Å². The van der Waals surface area contributed by atoms with Crippen molar-refractivity contribution in [1.82, 2.24) is 30.3 Å². The quantitative estimate of drug-likeness (QED) is 0.552. The first-order valence-electron chi connectivity index (χ1n) is 11.9. The summed E-state index contributed by atoms with van der Waals surface area (Å²) in [7, 11) is 2.00. The second-order valence-corrected chi connectivity index (χ2v) is 9.07. The Morgan fingerprint density at radius 1 is 1.00 bits per heavy atom. The first-order valence-corrected chi connectivity index (χ1v) is 11.9. The highest BCUT2D eigenvalue weighted by Gasteiger charge is 2.22. The topological polar surface area (TPSA) is 70.4 Å². The number of hydrogen-bond acceptors (Lipinski definition) is 4. The smallest absolute Gasteiger partial charge is 0.192 e. The number of guanidine groups is 1. The molecule has 1 aliphatic heterocycles. The Morgan fingerprint density at radius 2 is 1.74 bits per heavy atom. The van der Waals surface area contributed by atoms with Crippen LogP contribution in [0.4, 0.5) is 0 Å². The molecule has 0 spiro atoms. The molecule has 1 aromatic carbocycles. The zero-order valence-electron chi connectivity index (χ0n) is 19.1. The number of likely N-dealkylation sites (tertiary alicyclic amines) is 1. The first-order chi connectivity index (χ1) is 15.2. The van der Waals surface area contributed by atoms with Gasteiger partial charge in [-0.15, -0.1) is 10.2 Å². The van der Waals surface area contributed by atoms with Crippen LogP contribution in [0.3, 0.4) is 0 Å². The van der Waals surface area contributed by atoms with E-state index in [4.69, 9.17) is 4.99 Å². The highest BCUT2D eigenvalue weighted by molar-refractivity contribution is 5.80. The summed E-state index contributed by atoms with van der Waals surface area (Å²) in [5, 5.41) is 15.9. The molecule has 2 heterocycles. The molecule has 7 nitrogen and oxygen atoms in total. The lowest BCUT2D eigenvalue weighted by molar-refractivity contribution is 0.192. The van der Waals surface area contributed by atoms with Crippen molar-refractivity contribution in [1.29, 1.82) is 0 Å². The number of piperidine rings is 1. The molecule has 0 radical (unpaired) electrons. The molecule has 4 rings (SSSR count). The lowest BCUT2D eigenvalue weighted by atomic mass is 9.96. The minimum atomic E-state index is 0.411. The summed E-state index contributed by atoms with van der Waals surface area (Å²) in [5.41, 5.74) is 1.38. The predicted molar refractivity (Wildman–Crippen MR) is 125 cm³/mol. The number of hydrogen-bond donors (Lipinski definition) is 2. The zero-order chi connectivity index (χ0) is 21.5. The van der Waals surface area contributed by atoms with Crippen LogP contribution in [0.25, 0.3) is 0 Å². The molecule has 31 heavy (non-hydrogen) atoms. The Bertz CT molecular complexity index is 839. The molecule has 2 aromatic rings. The van der Waals surface area contributed by atoms with E-state index in [1.165, 1.54) is 50.5 Å². The van der Waals surface area contributed by atoms with Gasteiger partial charge in [0.15, 0.2) is 11.8 Å². The van der Waals surface area contributed by atoms with Gasteiger partial charge in [-0.2, -0.15) is 0 Å². The van der Waals surface area contributed by atoms with Crippen LogP contribution in [-0.4, -0.2) is 50.8 Å². The SMILES string of the molecule is Cc1nnc(CN=C(NC2CCCCC2)NC2CCCN(Cc3ccccc3)C2)n1C. The Hall–Kier alpha value is -2.41. The monoisotopic (exact) mass is 423 g/mol. The number of nitrogens with zero attached hydrogens (tertiary/aromatic N) is 5. The zero-order valence-corrected chi connectivity index (χ0v) is 19.1. The van der Waals surface area contributed by atoms with Crippen molar-refractivity contribution < 1.29 is 0 Å². The highest BCUT2D eigenvalue weighted by atomic mass is 15.3. The Morgan fingerprint density at radius 3 is 2.48 bits per heavy atom. The largest absolute Gasteiger partial charge is 0.354 e. The molecule has 2 aliphatic rings. The van der Waals surface area contributed by atoms with Gasteiger partial charge in [-0.3, -0.25) is 4.90 Å². The molecule has 1 aliphatic carbocycles. The minimum absolute atomic E-state index is 0.411. The Labute approximate surface area is 186 Å². The molecule has 7 heteroatoms. The van der Waals surface area contributed by atoms with Crippen LogP contribution < -0.4 is 10.6 Å². The molecule has 0 amide bonds. The van der Waals surface area contributed by atoms with Crippen LogP contribution in [0.15, 0.2) is 35.3 Å². The van der Waals surface area contributed by atoms with Gasteiger partial charge in [-0.25, -0.2) is 4.99 Å². The fourth-order valence-corrected chi connectivity index (χ4v) is 4.66. The van der Waals surface area contributed by atoms with Crippen LogP contribution >= 0.6 is 0 Å². The van der Waals surface area contributed by atoms with Gasteiger partial charge in [0, 0.05) is 32.2 Å². The van der Waals surface area contributed by atoms with E-state index in [0.717, 1.165) is 37.2 Å². The summed E-state index contributed by atoms with van der Waals surface area (Å²) >= 11 is 0. The number of aliphatic imine (C=N–C) groups is 1. The average molecular weight is 424 g/mol. The summed E-state index contributed by atoms with van der Waals surface area (Å²) in [6.07, 6.45) is 8.82. The fourth-order valence-electron chi connectivity index (χ4n) is 4.66. The summed E-state index contributed by atoms with van der Waals surface area (Å²) in [6, 6.07) is 11.7. The van der Waals surface area contributed by atoms with E-state index >= 15 is 0 Å². The summed E-state index contributed by atoms with van der Waals surface area (Å²) in [5.74, 6) is 2.75. The molecule has 1 saturated carbocycles. The number of aryl methyl sites for hydroxylation is 1. The third-order valence-corrected chi connectivity index (χ3v) is 6.60. The van der Waals surface area contributed by atoms with Crippen molar-refractivity contribution in [3.63, 3.8) is 0 Å². The fraction of sp³-hybridized carbons (Fsp3) is 0.625. The number of nitrogens with one attached hydrogen (secondary N) is 2. The van der Waals surface area contributed by atoms with Crippen molar-refractivity contribution >= 4 is 5.96 Å². The van der Waals surface area contributed by atoms with Crippen molar-refractivity contribution in [2.45, 2.75) is 77.0 Å². The third-order valence-electron chi connectivity index (χ3n) is 6.60. The molecule has 2 N–H and O–H groups in total. The van der Waals surface area contributed by atoms with E-state index in [2.05, 4.69) is 56.1 Å². The molecule has 1 saturated heterocycles. The summed E-state index contributed by atoms with van der Waals surface area (Å²) in [6.45, 7) is 5.74. The number of aromatic nitrogens is 3. The van der Waals surface area contributed by atoms with Crippen LogP contribution in [0.1, 0.15) is 62.2 Å². The molecular formula is C24H37N7. The van der Waals surface area contributed by atoms with Gasteiger partial charge in [0.05, 0.1) is 0 Å². The second-order valence-electron chi connectivity index (χ2n) is 9.07. The minimum Gasteiger partial charge on any atom is -0.354 e. The Kier molecular flexibility index (Phi) is 7.57.